The molecule has 4 nitrogen and oxygen atoms in total. The highest BCUT2D eigenvalue weighted by Crippen LogP contribution is 2.39. The van der Waals surface area contributed by atoms with Crippen LogP contribution in [0.5, 0.6) is 0 Å². The first kappa shape index (κ1) is 21.9. The lowest BCUT2D eigenvalue weighted by atomic mass is 9.97. The molecule has 0 amide bonds. The van der Waals surface area contributed by atoms with Crippen LogP contribution in [0, 0.1) is 0 Å². The maximum absolute atomic E-state index is 9.27. The Hall–Kier alpha value is -7.43. The van der Waals surface area contributed by atoms with E-state index < -0.39 is 42.3 Å². The normalized spacial score (nSPS) is 14.3. The number of benzene rings is 8. The first-order valence-corrected chi connectivity index (χ1v) is 17.5. The molecule has 0 aliphatic carbocycles. The molecule has 0 saturated carbocycles. The monoisotopic (exact) mass is 714 g/mol. The second-order valence-electron chi connectivity index (χ2n) is 12.8. The Kier molecular flexibility index (Phi) is 5.52. The number of hydrogen-bond acceptors (Lipinski definition) is 3. The van der Waals surface area contributed by atoms with E-state index in [0.29, 0.717) is 45.0 Å². The lowest BCUT2D eigenvalue weighted by Gasteiger charge is -2.17. The van der Waals surface area contributed by atoms with Gasteiger partial charge < -0.3 is 4.57 Å². The Morgan fingerprint density at radius 1 is 0.345 bits per heavy atom. The van der Waals surface area contributed by atoms with Crippen LogP contribution in [0.3, 0.4) is 0 Å². The summed E-state index contributed by atoms with van der Waals surface area (Å²) in [4.78, 5) is 15.2. The lowest BCUT2D eigenvalue weighted by molar-refractivity contribution is 1.06. The first-order valence-electron chi connectivity index (χ1n) is 23.5. The van der Waals surface area contributed by atoms with E-state index in [4.69, 9.17) is 28.7 Å². The van der Waals surface area contributed by atoms with Crippen molar-refractivity contribution in [2.24, 2.45) is 0 Å². The molecular weight excluding hydrogens is 669 g/mol. The summed E-state index contributed by atoms with van der Waals surface area (Å²) in [5.74, 6) is 0.791. The van der Waals surface area contributed by atoms with Gasteiger partial charge in [0.1, 0.15) is 0 Å². The molecule has 55 heavy (non-hydrogen) atoms. The zero-order valence-electron chi connectivity index (χ0n) is 41.0. The van der Waals surface area contributed by atoms with Gasteiger partial charge in [0.15, 0.2) is 17.5 Å². The average molecular weight is 715 g/mol. The van der Waals surface area contributed by atoms with E-state index in [2.05, 4.69) is 0 Å². The minimum Gasteiger partial charge on any atom is -0.309 e. The Bertz CT molecular complexity index is 3640. The molecule has 0 aliphatic heterocycles. The summed E-state index contributed by atoms with van der Waals surface area (Å²) in [6.07, 6.45) is 0. The molecule has 0 radical (unpaired) electrons. The molecule has 0 aliphatic rings. The van der Waals surface area contributed by atoms with Crippen molar-refractivity contribution >= 4 is 21.8 Å². The maximum atomic E-state index is 9.27. The van der Waals surface area contributed by atoms with Crippen LogP contribution in [0.25, 0.3) is 95.0 Å². The van der Waals surface area contributed by atoms with E-state index in [1.165, 1.54) is 10.6 Å². The van der Waals surface area contributed by atoms with Crippen LogP contribution >= 0.6 is 0 Å². The minimum atomic E-state index is -0.528. The number of nitrogens with zero attached hydrogens (tertiary/aromatic N) is 4. The van der Waals surface area contributed by atoms with Gasteiger partial charge in [-0.1, -0.05) is 170 Å². The topological polar surface area (TPSA) is 43.6 Å². The highest BCUT2D eigenvalue weighted by atomic mass is 15.1. The number of aromatic nitrogens is 4. The Balaban J connectivity index is 1.31. The Morgan fingerprint density at radius 2 is 0.873 bits per heavy atom. The van der Waals surface area contributed by atoms with E-state index in [-0.39, 0.29) is 69.1 Å². The van der Waals surface area contributed by atoms with Gasteiger partial charge in [-0.3, -0.25) is 0 Å². The molecule has 10 aromatic rings. The molecule has 0 fully saturated rings. The maximum Gasteiger partial charge on any atom is 0.166 e. The third-order valence-corrected chi connectivity index (χ3v) is 9.44. The number of para-hydroxylation sites is 2. The first-order chi connectivity index (χ1) is 32.2. The van der Waals surface area contributed by atoms with Crippen LogP contribution in [-0.2, 0) is 0 Å². The summed E-state index contributed by atoms with van der Waals surface area (Å²) in [6.45, 7) is 0. The van der Waals surface area contributed by atoms with E-state index in [1.807, 2.05) is 91.0 Å². The van der Waals surface area contributed by atoms with E-state index in [0.717, 1.165) is 11.1 Å². The molecule has 0 atom stereocenters. The highest BCUT2D eigenvalue weighted by Gasteiger charge is 2.20. The molecule has 0 bridgehead atoms. The molecule has 0 unspecified atom stereocenters. The molecule has 0 saturated heterocycles. The van der Waals surface area contributed by atoms with Gasteiger partial charge in [0.2, 0.25) is 0 Å². The van der Waals surface area contributed by atoms with Crippen molar-refractivity contribution in [3.05, 3.63) is 206 Å². The quantitative estimate of drug-likeness (QED) is 0.165. The van der Waals surface area contributed by atoms with Crippen molar-refractivity contribution in [1.82, 2.24) is 19.5 Å². The van der Waals surface area contributed by atoms with Crippen LogP contribution < -0.4 is 0 Å². The van der Waals surface area contributed by atoms with Crippen LogP contribution in [-0.4, -0.2) is 19.5 Å². The van der Waals surface area contributed by atoms with E-state index >= 15 is 0 Å². The van der Waals surface area contributed by atoms with Crippen LogP contribution in [0.4, 0.5) is 0 Å². The predicted octanol–water partition coefficient (Wildman–Crippen LogP) is 13.0. The molecule has 2 aromatic heterocycles. The van der Waals surface area contributed by atoms with Gasteiger partial charge >= 0.3 is 0 Å². The van der Waals surface area contributed by atoms with Crippen LogP contribution in [0.15, 0.2) is 206 Å². The van der Waals surface area contributed by atoms with Gasteiger partial charge in [0.05, 0.1) is 33.2 Å². The predicted molar refractivity (Wildman–Crippen MR) is 227 cm³/mol. The molecule has 258 valence electrons. The Morgan fingerprint density at radius 3 is 1.64 bits per heavy atom. The molecule has 4 heteroatoms. The molecule has 0 spiro atoms. The summed E-state index contributed by atoms with van der Waals surface area (Å²) in [5.41, 5.74) is 5.50. The summed E-state index contributed by atoms with van der Waals surface area (Å²) in [5, 5.41) is -0.00568. The van der Waals surface area contributed by atoms with Crippen LogP contribution in [0.2, 0.25) is 0 Å². The zero-order valence-corrected chi connectivity index (χ0v) is 29.0. The fraction of sp³-hybridized carbons (Fsp3) is 0. The van der Waals surface area contributed by atoms with E-state index in [9.17, 15) is 2.74 Å². The van der Waals surface area contributed by atoms with Gasteiger partial charge in [-0.15, -0.1) is 0 Å². The third kappa shape index (κ3) is 6.06. The van der Waals surface area contributed by atoms with Gasteiger partial charge in [-0.2, -0.15) is 0 Å². The zero-order chi connectivity index (χ0) is 47.0. The standard InChI is InChI=1S/C51H34N4/c1-4-16-35(17-5-1)38-22-14-24-40(32-38)41-30-31-48(55-46-28-12-10-26-43(46)44-27-11-13-29-47(44)55)45(34-41)51-53-49(37-20-8-3-9-21-37)52-50(54-51)42-25-15-23-39(33-42)36-18-6-2-7-19-36/h1-34H/i1D,4D,5D,10D,11D,12D,16D,17D,26D,27D,28D,29D. The van der Waals surface area contributed by atoms with Crippen molar-refractivity contribution < 1.29 is 16.4 Å². The van der Waals surface area contributed by atoms with Gasteiger partial charge in [0, 0.05) is 27.5 Å². The number of hydrogen-bond donors (Lipinski definition) is 0. The average Bonchev–Trinajstić information content (AvgIpc) is 3.73. The summed E-state index contributed by atoms with van der Waals surface area (Å²) < 4.78 is 106. The number of rotatable bonds is 7. The van der Waals surface area contributed by atoms with Crippen molar-refractivity contribution in [3.8, 4) is 73.2 Å². The molecular formula is C51H34N4. The van der Waals surface area contributed by atoms with Gasteiger partial charge in [-0.05, 0) is 69.7 Å². The third-order valence-electron chi connectivity index (χ3n) is 9.44. The van der Waals surface area contributed by atoms with Crippen molar-refractivity contribution in [3.63, 3.8) is 0 Å². The number of fused-ring (bicyclic) bond motifs is 3. The van der Waals surface area contributed by atoms with Crippen LogP contribution in [0.1, 0.15) is 16.4 Å². The van der Waals surface area contributed by atoms with E-state index in [1.54, 1.807) is 36.4 Å². The van der Waals surface area contributed by atoms with Gasteiger partial charge in [0.25, 0.3) is 0 Å². The Labute approximate surface area is 336 Å². The van der Waals surface area contributed by atoms with Crippen molar-refractivity contribution in [2.75, 3.05) is 0 Å². The lowest BCUT2D eigenvalue weighted by Crippen LogP contribution is -2.04. The largest absolute Gasteiger partial charge is 0.309 e. The summed E-state index contributed by atoms with van der Waals surface area (Å²) >= 11 is 0. The molecule has 10 rings (SSSR count). The fourth-order valence-electron chi connectivity index (χ4n) is 6.86. The van der Waals surface area contributed by atoms with Crippen molar-refractivity contribution in [1.29, 1.82) is 0 Å². The summed E-state index contributed by atoms with van der Waals surface area (Å²) in [6, 6.07) is 35.6. The molecule has 8 aromatic carbocycles. The highest BCUT2D eigenvalue weighted by molar-refractivity contribution is 6.09. The van der Waals surface area contributed by atoms with Crippen molar-refractivity contribution in [2.45, 2.75) is 0 Å². The molecule has 0 N–H and O–H groups in total. The fourth-order valence-corrected chi connectivity index (χ4v) is 6.86. The second kappa shape index (κ2) is 13.8. The second-order valence-corrected chi connectivity index (χ2v) is 12.8. The summed E-state index contributed by atoms with van der Waals surface area (Å²) in [7, 11) is 0. The SMILES string of the molecule is [2H]c1cc([2H])c2c(c1[2H])c1c([2H])c([2H])c([2H])c([2H])c1n2-c1ccc(-c2cccc(-c3c([2H])c([2H])c([2H])c([2H])c3[2H])c2)cc1-c1nc(-c2ccccc2)nc(-c2cccc(-c3ccccc3)c2)n1. The van der Waals surface area contributed by atoms with Gasteiger partial charge in [-0.25, -0.2) is 15.0 Å². The molecule has 2 heterocycles. The minimum absolute atomic E-state index is 0.0138. The smallest absolute Gasteiger partial charge is 0.166 e.